The van der Waals surface area contributed by atoms with Gasteiger partial charge in [-0.25, -0.2) is 0 Å². The van der Waals surface area contributed by atoms with Gasteiger partial charge in [0.05, 0.1) is 19.2 Å². The number of methoxy groups -OCH3 is 1. The van der Waals surface area contributed by atoms with Gasteiger partial charge in [0, 0.05) is 5.56 Å². The van der Waals surface area contributed by atoms with Gasteiger partial charge in [0.25, 0.3) is 0 Å². The second kappa shape index (κ2) is 5.87. The zero-order valence-electron chi connectivity index (χ0n) is 10.2. The molecule has 0 heterocycles. The van der Waals surface area contributed by atoms with E-state index in [0.717, 1.165) is 16.9 Å². The molecule has 0 bridgehead atoms. The fraction of sp³-hybridized carbons (Fsp3) is 0.133. The topological polar surface area (TPSA) is 41.8 Å². The molecular weight excluding hydrogens is 226 g/mol. The van der Waals surface area contributed by atoms with E-state index in [0.29, 0.717) is 0 Å². The molecule has 0 fully saturated rings. The van der Waals surface area contributed by atoms with Crippen LogP contribution in [-0.2, 0) is 0 Å². The van der Waals surface area contributed by atoms with E-state index in [4.69, 9.17) is 9.94 Å². The number of hydrogen-bond donors (Lipinski definition) is 1. The summed E-state index contributed by atoms with van der Waals surface area (Å²) < 4.78 is 5.35. The molecule has 1 N–H and O–H groups in total. The van der Waals surface area contributed by atoms with Crippen molar-refractivity contribution >= 4 is 6.21 Å². The molecule has 0 saturated carbocycles. The number of oxime groups is 1. The zero-order valence-corrected chi connectivity index (χ0v) is 10.2. The fourth-order valence-electron chi connectivity index (χ4n) is 2.00. The standard InChI is InChI=1S/C15H15NO2/c1-18-15-10-6-5-9-13(15)14(11-16-17)12-7-3-2-4-8-12/h2-11,14,17H,1H3. The third kappa shape index (κ3) is 2.51. The molecule has 2 aromatic carbocycles. The van der Waals surface area contributed by atoms with Gasteiger partial charge in [-0.3, -0.25) is 0 Å². The Labute approximate surface area is 106 Å². The summed E-state index contributed by atoms with van der Waals surface area (Å²) in [6.07, 6.45) is 1.51. The predicted molar refractivity (Wildman–Crippen MR) is 71.6 cm³/mol. The van der Waals surface area contributed by atoms with E-state index in [2.05, 4.69) is 5.16 Å². The van der Waals surface area contributed by atoms with Gasteiger partial charge < -0.3 is 9.94 Å². The highest BCUT2D eigenvalue weighted by Gasteiger charge is 2.15. The van der Waals surface area contributed by atoms with Crippen LogP contribution >= 0.6 is 0 Å². The third-order valence-electron chi connectivity index (χ3n) is 2.85. The summed E-state index contributed by atoms with van der Waals surface area (Å²) in [7, 11) is 1.64. The van der Waals surface area contributed by atoms with Gasteiger partial charge in [-0.15, -0.1) is 5.16 Å². The van der Waals surface area contributed by atoms with Gasteiger partial charge in [-0.05, 0) is 11.6 Å². The quantitative estimate of drug-likeness (QED) is 0.507. The molecule has 3 nitrogen and oxygen atoms in total. The molecule has 0 aliphatic heterocycles. The first kappa shape index (κ1) is 12.2. The van der Waals surface area contributed by atoms with Crippen molar-refractivity contribution in [2.75, 3.05) is 7.11 Å². The largest absolute Gasteiger partial charge is 0.496 e. The first-order chi connectivity index (χ1) is 8.86. The van der Waals surface area contributed by atoms with Gasteiger partial charge >= 0.3 is 0 Å². The van der Waals surface area contributed by atoms with E-state index in [1.54, 1.807) is 7.11 Å². The van der Waals surface area contributed by atoms with Crippen LogP contribution in [0.2, 0.25) is 0 Å². The normalized spacial score (nSPS) is 12.5. The molecule has 0 spiro atoms. The number of nitrogens with zero attached hydrogens (tertiary/aromatic N) is 1. The lowest BCUT2D eigenvalue weighted by Gasteiger charge is -2.15. The maximum atomic E-state index is 8.85. The van der Waals surface area contributed by atoms with Crippen LogP contribution in [0.5, 0.6) is 5.75 Å². The van der Waals surface area contributed by atoms with Crippen molar-refractivity contribution in [2.45, 2.75) is 5.92 Å². The highest BCUT2D eigenvalue weighted by atomic mass is 16.5. The molecule has 0 radical (unpaired) electrons. The van der Waals surface area contributed by atoms with Gasteiger partial charge in [0.15, 0.2) is 0 Å². The molecule has 0 aliphatic carbocycles. The molecule has 0 amide bonds. The summed E-state index contributed by atoms with van der Waals surface area (Å²) in [5.41, 5.74) is 2.03. The van der Waals surface area contributed by atoms with Crippen LogP contribution in [0.15, 0.2) is 59.8 Å². The Morgan fingerprint density at radius 3 is 2.39 bits per heavy atom. The van der Waals surface area contributed by atoms with Gasteiger partial charge in [0.1, 0.15) is 5.75 Å². The number of hydrogen-bond acceptors (Lipinski definition) is 3. The van der Waals surface area contributed by atoms with Crippen LogP contribution in [0.3, 0.4) is 0 Å². The van der Waals surface area contributed by atoms with Crippen molar-refractivity contribution < 1.29 is 9.94 Å². The lowest BCUT2D eigenvalue weighted by atomic mass is 9.92. The summed E-state index contributed by atoms with van der Waals surface area (Å²) >= 11 is 0. The molecule has 0 saturated heterocycles. The zero-order chi connectivity index (χ0) is 12.8. The minimum Gasteiger partial charge on any atom is -0.496 e. The van der Waals surface area contributed by atoms with Crippen LogP contribution < -0.4 is 4.74 Å². The third-order valence-corrected chi connectivity index (χ3v) is 2.85. The maximum absolute atomic E-state index is 8.85. The van der Waals surface area contributed by atoms with Gasteiger partial charge in [0.2, 0.25) is 0 Å². The monoisotopic (exact) mass is 241 g/mol. The summed E-state index contributed by atoms with van der Waals surface area (Å²) in [5.74, 6) is 0.665. The maximum Gasteiger partial charge on any atom is 0.123 e. The van der Waals surface area contributed by atoms with Crippen molar-refractivity contribution in [1.82, 2.24) is 0 Å². The van der Waals surface area contributed by atoms with Crippen molar-refractivity contribution in [1.29, 1.82) is 0 Å². The summed E-state index contributed by atoms with van der Waals surface area (Å²) in [4.78, 5) is 0. The second-order valence-corrected chi connectivity index (χ2v) is 3.89. The molecular formula is C15H15NO2. The first-order valence-corrected chi connectivity index (χ1v) is 5.72. The summed E-state index contributed by atoms with van der Waals surface area (Å²) in [6.45, 7) is 0. The van der Waals surface area contributed by atoms with E-state index in [1.165, 1.54) is 6.21 Å². The Morgan fingerprint density at radius 1 is 1.06 bits per heavy atom. The molecule has 1 unspecified atom stereocenters. The number of ether oxygens (including phenoxy) is 1. The van der Waals surface area contributed by atoms with Gasteiger partial charge in [-0.2, -0.15) is 0 Å². The lowest BCUT2D eigenvalue weighted by Crippen LogP contribution is -2.04. The Hall–Kier alpha value is -2.29. The van der Waals surface area contributed by atoms with Crippen molar-refractivity contribution in [3.8, 4) is 5.75 Å². The molecule has 3 heteroatoms. The van der Waals surface area contributed by atoms with Crippen LogP contribution in [0, 0.1) is 0 Å². The number of benzene rings is 2. The Balaban J connectivity index is 2.48. The smallest absolute Gasteiger partial charge is 0.123 e. The van der Waals surface area contributed by atoms with Crippen LogP contribution in [0.4, 0.5) is 0 Å². The molecule has 92 valence electrons. The van der Waals surface area contributed by atoms with E-state index in [9.17, 15) is 0 Å². The number of rotatable bonds is 4. The van der Waals surface area contributed by atoms with Crippen LogP contribution in [0.25, 0.3) is 0 Å². The molecule has 18 heavy (non-hydrogen) atoms. The average Bonchev–Trinajstić information content (AvgIpc) is 2.46. The Morgan fingerprint density at radius 2 is 1.72 bits per heavy atom. The highest BCUT2D eigenvalue weighted by Crippen LogP contribution is 2.30. The second-order valence-electron chi connectivity index (χ2n) is 3.89. The Kier molecular flexibility index (Phi) is 3.97. The highest BCUT2D eigenvalue weighted by molar-refractivity contribution is 5.74. The SMILES string of the molecule is COc1ccccc1C(C=NO)c1ccccc1. The van der Waals surface area contributed by atoms with E-state index >= 15 is 0 Å². The molecule has 0 aliphatic rings. The summed E-state index contributed by atoms with van der Waals surface area (Å²) in [5, 5.41) is 12.0. The minimum absolute atomic E-state index is 0.118. The van der Waals surface area contributed by atoms with E-state index < -0.39 is 0 Å². The van der Waals surface area contributed by atoms with Crippen molar-refractivity contribution in [2.24, 2.45) is 5.16 Å². The van der Waals surface area contributed by atoms with Crippen LogP contribution in [-0.4, -0.2) is 18.5 Å². The average molecular weight is 241 g/mol. The first-order valence-electron chi connectivity index (χ1n) is 5.72. The predicted octanol–water partition coefficient (Wildman–Crippen LogP) is 3.29. The van der Waals surface area contributed by atoms with Crippen molar-refractivity contribution in [3.05, 3.63) is 65.7 Å². The van der Waals surface area contributed by atoms with Crippen molar-refractivity contribution in [3.63, 3.8) is 0 Å². The van der Waals surface area contributed by atoms with Gasteiger partial charge in [-0.1, -0.05) is 48.5 Å². The lowest BCUT2D eigenvalue weighted by molar-refractivity contribution is 0.320. The van der Waals surface area contributed by atoms with E-state index in [-0.39, 0.29) is 5.92 Å². The molecule has 1 atom stereocenters. The molecule has 2 rings (SSSR count). The van der Waals surface area contributed by atoms with E-state index in [1.807, 2.05) is 54.6 Å². The molecule has 0 aromatic heterocycles. The summed E-state index contributed by atoms with van der Waals surface area (Å²) in [6, 6.07) is 17.6. The Bertz CT molecular complexity index is 523. The minimum atomic E-state index is -0.118. The number of para-hydroxylation sites is 1. The molecule has 2 aromatic rings. The fourth-order valence-corrected chi connectivity index (χ4v) is 2.00. The van der Waals surface area contributed by atoms with Crippen LogP contribution in [0.1, 0.15) is 17.0 Å².